The third-order valence-electron chi connectivity index (χ3n) is 5.19. The molecule has 0 fully saturated rings. The van der Waals surface area contributed by atoms with Crippen molar-refractivity contribution in [2.75, 3.05) is 7.11 Å². The van der Waals surface area contributed by atoms with Crippen LogP contribution in [-0.4, -0.2) is 43.4 Å². The van der Waals surface area contributed by atoms with Gasteiger partial charge in [0.25, 0.3) is 0 Å². The van der Waals surface area contributed by atoms with E-state index in [1.54, 1.807) is 36.3 Å². The highest BCUT2D eigenvalue weighted by Crippen LogP contribution is 2.29. The Balaban J connectivity index is 1.63. The number of hydrogen-bond donors (Lipinski definition) is 1. The maximum atomic E-state index is 12.5. The first-order valence-corrected chi connectivity index (χ1v) is 10.7. The van der Waals surface area contributed by atoms with Crippen molar-refractivity contribution in [1.82, 2.24) is 35.5 Å². The van der Waals surface area contributed by atoms with Crippen LogP contribution in [0.15, 0.2) is 54.9 Å². The summed E-state index contributed by atoms with van der Waals surface area (Å²) in [5.41, 5.74) is 5.01. The van der Waals surface area contributed by atoms with Gasteiger partial charge in [-0.2, -0.15) is 4.68 Å². The predicted octanol–water partition coefficient (Wildman–Crippen LogP) is 3.73. The second-order valence-electron chi connectivity index (χ2n) is 7.80. The minimum atomic E-state index is -0.614. The molecular weight excluding hydrogens is 434 g/mol. The number of nitrogens with one attached hydrogen (secondary N) is 1. The van der Waals surface area contributed by atoms with Crippen LogP contribution < -0.4 is 10.1 Å². The molecule has 0 aliphatic heterocycles. The van der Waals surface area contributed by atoms with Gasteiger partial charge in [0.2, 0.25) is 0 Å². The molecule has 1 N–H and O–H groups in total. The normalized spacial score (nSPS) is 11.8. The van der Waals surface area contributed by atoms with Gasteiger partial charge >= 0.3 is 6.09 Å². The molecule has 2 aromatic heterocycles. The summed E-state index contributed by atoms with van der Waals surface area (Å²) in [4.78, 5) is 20.9. The summed E-state index contributed by atoms with van der Waals surface area (Å²) < 4.78 is 12.6. The van der Waals surface area contributed by atoms with Crippen LogP contribution >= 0.6 is 0 Å². The average molecular weight is 460 g/mol. The first-order valence-electron chi connectivity index (χ1n) is 10.7. The third-order valence-corrected chi connectivity index (χ3v) is 5.19. The molecule has 2 aromatic carbocycles. The molecule has 1 amide bonds. The molecule has 0 radical (unpaired) electrons. The zero-order valence-electron chi connectivity index (χ0n) is 19.4. The highest BCUT2D eigenvalue weighted by Gasteiger charge is 2.17. The van der Waals surface area contributed by atoms with Gasteiger partial charge in [-0.15, -0.1) is 5.10 Å². The van der Waals surface area contributed by atoms with E-state index in [0.29, 0.717) is 23.0 Å². The van der Waals surface area contributed by atoms with E-state index in [0.717, 1.165) is 22.4 Å². The summed E-state index contributed by atoms with van der Waals surface area (Å²) >= 11 is 0. The van der Waals surface area contributed by atoms with Gasteiger partial charge in [0.1, 0.15) is 11.9 Å². The summed E-state index contributed by atoms with van der Waals surface area (Å²) in [6, 6.07) is 13.5. The molecule has 1 atom stereocenters. The average Bonchev–Trinajstić information content (AvgIpc) is 3.33. The number of ether oxygens (including phenoxy) is 2. The van der Waals surface area contributed by atoms with E-state index < -0.39 is 6.09 Å². The van der Waals surface area contributed by atoms with Gasteiger partial charge < -0.3 is 14.8 Å². The minimum absolute atomic E-state index is 0.194. The van der Waals surface area contributed by atoms with E-state index in [2.05, 4.69) is 30.8 Å². The zero-order chi connectivity index (χ0) is 24.1. The molecule has 10 nitrogen and oxygen atoms in total. The molecule has 0 bridgehead atoms. The fraction of sp³-hybridized carbons (Fsp3) is 0.250. The molecule has 0 saturated carbocycles. The van der Waals surface area contributed by atoms with Crippen molar-refractivity contribution in [3.63, 3.8) is 0 Å². The van der Waals surface area contributed by atoms with Crippen LogP contribution in [0, 0.1) is 13.8 Å². The van der Waals surface area contributed by atoms with Crippen LogP contribution in [0.4, 0.5) is 4.79 Å². The van der Waals surface area contributed by atoms with Crippen molar-refractivity contribution in [2.24, 2.45) is 0 Å². The lowest BCUT2D eigenvalue weighted by atomic mass is 10.0. The second kappa shape index (κ2) is 10.2. The van der Waals surface area contributed by atoms with Crippen molar-refractivity contribution in [3.8, 4) is 22.6 Å². The number of benzene rings is 2. The summed E-state index contributed by atoms with van der Waals surface area (Å²) in [5.74, 6) is 0.865. The maximum absolute atomic E-state index is 12.5. The van der Waals surface area contributed by atoms with E-state index in [1.807, 2.05) is 51.1 Å². The Bertz CT molecular complexity index is 1270. The van der Waals surface area contributed by atoms with Crippen molar-refractivity contribution in [2.45, 2.75) is 33.4 Å². The number of amides is 1. The Kier molecular flexibility index (Phi) is 6.88. The molecule has 174 valence electrons. The molecule has 4 rings (SSSR count). The molecule has 10 heteroatoms. The number of carbonyl (C=O) groups is 1. The van der Waals surface area contributed by atoms with Crippen molar-refractivity contribution >= 4 is 6.09 Å². The lowest BCUT2D eigenvalue weighted by Gasteiger charge is -2.14. The van der Waals surface area contributed by atoms with Gasteiger partial charge in [0, 0.05) is 19.4 Å². The Morgan fingerprint density at radius 2 is 1.85 bits per heavy atom. The number of tetrazole rings is 1. The number of hydrogen-bond acceptors (Lipinski definition) is 8. The molecule has 0 unspecified atom stereocenters. The van der Waals surface area contributed by atoms with E-state index in [1.165, 1.54) is 0 Å². The number of methoxy groups -OCH3 is 1. The highest BCUT2D eigenvalue weighted by molar-refractivity contribution is 5.73. The van der Waals surface area contributed by atoms with Crippen LogP contribution in [0.2, 0.25) is 0 Å². The molecule has 0 saturated heterocycles. The van der Waals surface area contributed by atoms with Crippen LogP contribution in [0.3, 0.4) is 0 Å². The van der Waals surface area contributed by atoms with E-state index in [-0.39, 0.29) is 12.6 Å². The molecule has 2 heterocycles. The Morgan fingerprint density at radius 3 is 2.56 bits per heavy atom. The number of rotatable bonds is 7. The number of carbonyl (C=O) groups excluding carboxylic acids is 1. The van der Waals surface area contributed by atoms with Crippen LogP contribution in [0.1, 0.15) is 35.8 Å². The second-order valence-corrected chi connectivity index (χ2v) is 7.80. The summed E-state index contributed by atoms with van der Waals surface area (Å²) in [7, 11) is 1.59. The Morgan fingerprint density at radius 1 is 1.06 bits per heavy atom. The lowest BCUT2D eigenvalue weighted by molar-refractivity contribution is 0.110. The standard InChI is InChI=1S/C24H25N7O3/c1-15-5-7-18(8-6-15)19-9-21(31-23(17(3)33-4)28-29-30-31)11-22(10-19)34-24(32)27-14-20-13-25-16(2)12-26-20/h5-13,17H,14H2,1-4H3,(H,27,32)/t17-/m1/s1. The number of nitrogens with zero attached hydrogens (tertiary/aromatic N) is 6. The minimum Gasteiger partial charge on any atom is -0.410 e. The smallest absolute Gasteiger partial charge is 0.410 e. The van der Waals surface area contributed by atoms with Gasteiger partial charge in [0.05, 0.1) is 29.8 Å². The highest BCUT2D eigenvalue weighted by atomic mass is 16.6. The molecule has 34 heavy (non-hydrogen) atoms. The van der Waals surface area contributed by atoms with Crippen molar-refractivity contribution in [3.05, 3.63) is 77.6 Å². The number of aromatic nitrogens is 6. The van der Waals surface area contributed by atoms with Gasteiger partial charge in [-0.1, -0.05) is 29.8 Å². The Labute approximate surface area is 197 Å². The third kappa shape index (κ3) is 5.41. The van der Waals surface area contributed by atoms with E-state index in [9.17, 15) is 4.79 Å². The van der Waals surface area contributed by atoms with Gasteiger partial charge in [0.15, 0.2) is 5.82 Å². The molecule has 0 aliphatic rings. The Hall–Kier alpha value is -4.18. The maximum Gasteiger partial charge on any atom is 0.412 e. The fourth-order valence-corrected chi connectivity index (χ4v) is 3.23. The molecule has 0 spiro atoms. The van der Waals surface area contributed by atoms with Crippen LogP contribution in [-0.2, 0) is 11.3 Å². The van der Waals surface area contributed by atoms with E-state index in [4.69, 9.17) is 9.47 Å². The molecule has 0 aliphatic carbocycles. The first-order chi connectivity index (χ1) is 16.4. The summed E-state index contributed by atoms with van der Waals surface area (Å²) in [6.45, 7) is 5.92. The van der Waals surface area contributed by atoms with Gasteiger partial charge in [-0.25, -0.2) is 4.79 Å². The quantitative estimate of drug-likeness (QED) is 0.444. The molecular formula is C24H25N7O3. The van der Waals surface area contributed by atoms with Crippen LogP contribution in [0.5, 0.6) is 5.75 Å². The van der Waals surface area contributed by atoms with E-state index >= 15 is 0 Å². The lowest BCUT2D eigenvalue weighted by Crippen LogP contribution is -2.26. The summed E-state index contributed by atoms with van der Waals surface area (Å²) in [6.07, 6.45) is 2.31. The topological polar surface area (TPSA) is 117 Å². The monoisotopic (exact) mass is 459 g/mol. The fourth-order valence-electron chi connectivity index (χ4n) is 3.23. The van der Waals surface area contributed by atoms with Crippen molar-refractivity contribution < 1.29 is 14.3 Å². The first kappa shape index (κ1) is 23.0. The molecule has 4 aromatic rings. The van der Waals surface area contributed by atoms with Gasteiger partial charge in [-0.05, 0) is 54.5 Å². The largest absolute Gasteiger partial charge is 0.412 e. The number of aryl methyl sites for hydroxylation is 2. The zero-order valence-corrected chi connectivity index (χ0v) is 19.4. The van der Waals surface area contributed by atoms with Gasteiger partial charge in [-0.3, -0.25) is 9.97 Å². The predicted molar refractivity (Wildman–Crippen MR) is 124 cm³/mol. The van der Waals surface area contributed by atoms with Crippen LogP contribution in [0.25, 0.3) is 16.8 Å². The van der Waals surface area contributed by atoms with Crippen molar-refractivity contribution in [1.29, 1.82) is 0 Å². The summed E-state index contributed by atoms with van der Waals surface area (Å²) in [5, 5.41) is 14.7. The SMILES string of the molecule is CO[C@H](C)c1nnnn1-c1cc(OC(=O)NCc2cnc(C)cn2)cc(-c2ccc(C)cc2)c1.